The van der Waals surface area contributed by atoms with Crippen LogP contribution >= 0.6 is 0 Å². The molecule has 0 radical (unpaired) electrons. The van der Waals surface area contributed by atoms with Crippen molar-refractivity contribution in [3.63, 3.8) is 0 Å². The maximum Gasteiger partial charge on any atom is 0.308 e. The number of aliphatic carboxylic acids is 1. The Morgan fingerprint density at radius 3 is 2.63 bits per heavy atom. The first-order valence-electron chi connectivity index (χ1n) is 5.73. The molecular weight excluding hydrogens is 253 g/mol. The van der Waals surface area contributed by atoms with Crippen molar-refractivity contribution in [1.29, 1.82) is 0 Å². The lowest BCUT2D eigenvalue weighted by molar-refractivity contribution is -0.141. The molecule has 6 heteroatoms. The Hall–Kier alpha value is -2.11. The third kappa shape index (κ3) is 4.57. The minimum absolute atomic E-state index is 0.0122. The summed E-state index contributed by atoms with van der Waals surface area (Å²) in [5, 5.41) is 11.5. The van der Waals surface area contributed by atoms with E-state index in [4.69, 9.17) is 9.84 Å². The van der Waals surface area contributed by atoms with Crippen LogP contribution in [0.4, 0.5) is 4.39 Å². The Morgan fingerprint density at radius 1 is 1.47 bits per heavy atom. The Labute approximate surface area is 110 Å². The fourth-order valence-corrected chi connectivity index (χ4v) is 1.64. The van der Waals surface area contributed by atoms with Crippen molar-refractivity contribution in [1.82, 2.24) is 5.32 Å². The van der Waals surface area contributed by atoms with E-state index in [1.165, 1.54) is 26.2 Å². The molecular formula is C13H16FNO4. The molecule has 0 aliphatic heterocycles. The number of carbonyl (C=O) groups excluding carboxylic acids is 1. The van der Waals surface area contributed by atoms with Crippen molar-refractivity contribution in [2.45, 2.75) is 13.3 Å². The third-order valence-corrected chi connectivity index (χ3v) is 2.64. The maximum absolute atomic E-state index is 13.5. The van der Waals surface area contributed by atoms with E-state index in [-0.39, 0.29) is 24.6 Å². The second-order valence-corrected chi connectivity index (χ2v) is 4.15. The lowest BCUT2D eigenvalue weighted by Crippen LogP contribution is -2.32. The van der Waals surface area contributed by atoms with E-state index < -0.39 is 17.7 Å². The monoisotopic (exact) mass is 269 g/mol. The molecule has 0 aliphatic rings. The summed E-state index contributed by atoms with van der Waals surface area (Å²) in [4.78, 5) is 21.8. The SMILES string of the molecule is COc1ccc(CC(CNC(C)=O)C(=O)O)cc1F. The van der Waals surface area contributed by atoms with Gasteiger partial charge in [-0.15, -0.1) is 0 Å². The van der Waals surface area contributed by atoms with Crippen LogP contribution in [-0.4, -0.2) is 30.6 Å². The van der Waals surface area contributed by atoms with Crippen LogP contribution in [0.1, 0.15) is 12.5 Å². The van der Waals surface area contributed by atoms with Crippen molar-refractivity contribution >= 4 is 11.9 Å². The van der Waals surface area contributed by atoms with Crippen molar-refractivity contribution in [2.24, 2.45) is 5.92 Å². The van der Waals surface area contributed by atoms with Gasteiger partial charge in [-0.05, 0) is 24.1 Å². The summed E-state index contributed by atoms with van der Waals surface area (Å²) in [5.74, 6) is -2.56. The second-order valence-electron chi connectivity index (χ2n) is 4.15. The van der Waals surface area contributed by atoms with Gasteiger partial charge in [-0.3, -0.25) is 9.59 Å². The predicted molar refractivity (Wildman–Crippen MR) is 66.5 cm³/mol. The van der Waals surface area contributed by atoms with E-state index in [2.05, 4.69) is 5.32 Å². The van der Waals surface area contributed by atoms with Crippen molar-refractivity contribution in [3.8, 4) is 5.75 Å². The summed E-state index contributed by atoms with van der Waals surface area (Å²) < 4.78 is 18.3. The minimum Gasteiger partial charge on any atom is -0.494 e. The maximum atomic E-state index is 13.5. The van der Waals surface area contributed by atoms with Gasteiger partial charge in [0.05, 0.1) is 13.0 Å². The predicted octanol–water partition coefficient (Wildman–Crippen LogP) is 1.21. The number of benzene rings is 1. The quantitative estimate of drug-likeness (QED) is 0.814. The van der Waals surface area contributed by atoms with Gasteiger partial charge < -0.3 is 15.2 Å². The molecule has 1 aromatic rings. The molecule has 19 heavy (non-hydrogen) atoms. The largest absolute Gasteiger partial charge is 0.494 e. The summed E-state index contributed by atoms with van der Waals surface area (Å²) in [6.07, 6.45) is 0.135. The summed E-state index contributed by atoms with van der Waals surface area (Å²) in [6.45, 7) is 1.32. The number of methoxy groups -OCH3 is 1. The fourth-order valence-electron chi connectivity index (χ4n) is 1.64. The van der Waals surface area contributed by atoms with E-state index in [0.717, 1.165) is 0 Å². The smallest absolute Gasteiger partial charge is 0.308 e. The van der Waals surface area contributed by atoms with Crippen molar-refractivity contribution in [3.05, 3.63) is 29.6 Å². The van der Waals surface area contributed by atoms with E-state index in [1.54, 1.807) is 6.07 Å². The Kier molecular flexibility index (Phi) is 5.29. The number of amides is 1. The molecule has 5 nitrogen and oxygen atoms in total. The summed E-state index contributed by atoms with van der Waals surface area (Å²) >= 11 is 0. The summed E-state index contributed by atoms with van der Waals surface area (Å²) in [6, 6.07) is 4.29. The standard InChI is InChI=1S/C13H16FNO4/c1-8(16)15-7-10(13(17)18)5-9-3-4-12(19-2)11(14)6-9/h3-4,6,10H,5,7H2,1-2H3,(H,15,16)(H,17,18). The highest BCUT2D eigenvalue weighted by atomic mass is 19.1. The van der Waals surface area contributed by atoms with E-state index >= 15 is 0 Å². The van der Waals surface area contributed by atoms with Crippen molar-refractivity contribution in [2.75, 3.05) is 13.7 Å². The molecule has 1 rings (SSSR count). The third-order valence-electron chi connectivity index (χ3n) is 2.64. The van der Waals surface area contributed by atoms with E-state index in [0.29, 0.717) is 5.56 Å². The number of carboxylic acid groups (broad SMARTS) is 1. The highest BCUT2D eigenvalue weighted by Gasteiger charge is 2.19. The summed E-state index contributed by atoms with van der Waals surface area (Å²) in [5.41, 5.74) is 0.538. The Bertz CT molecular complexity index is 476. The lowest BCUT2D eigenvalue weighted by atomic mass is 9.99. The number of nitrogens with one attached hydrogen (secondary N) is 1. The molecule has 0 saturated carbocycles. The van der Waals surface area contributed by atoms with Gasteiger partial charge in [0.2, 0.25) is 5.91 Å². The molecule has 0 heterocycles. The zero-order chi connectivity index (χ0) is 14.4. The fraction of sp³-hybridized carbons (Fsp3) is 0.385. The molecule has 0 bridgehead atoms. The highest BCUT2D eigenvalue weighted by Crippen LogP contribution is 2.19. The molecule has 1 atom stereocenters. The molecule has 1 amide bonds. The first kappa shape index (κ1) is 14.9. The Morgan fingerprint density at radius 2 is 2.16 bits per heavy atom. The molecule has 1 aromatic carbocycles. The van der Waals surface area contributed by atoms with Gasteiger partial charge >= 0.3 is 5.97 Å². The van der Waals surface area contributed by atoms with Crippen LogP contribution in [0.3, 0.4) is 0 Å². The van der Waals surface area contributed by atoms with Gasteiger partial charge in [-0.2, -0.15) is 0 Å². The first-order valence-corrected chi connectivity index (χ1v) is 5.73. The number of halogens is 1. The average Bonchev–Trinajstić information content (AvgIpc) is 2.34. The van der Waals surface area contributed by atoms with Gasteiger partial charge in [-0.25, -0.2) is 4.39 Å². The topological polar surface area (TPSA) is 75.6 Å². The van der Waals surface area contributed by atoms with Gasteiger partial charge in [0.15, 0.2) is 11.6 Å². The van der Waals surface area contributed by atoms with Gasteiger partial charge in [0.25, 0.3) is 0 Å². The van der Waals surface area contributed by atoms with Gasteiger partial charge in [0.1, 0.15) is 0 Å². The van der Waals surface area contributed by atoms with Crippen LogP contribution in [0, 0.1) is 11.7 Å². The molecule has 0 aromatic heterocycles. The number of ether oxygens (including phenoxy) is 1. The van der Waals surface area contributed by atoms with Crippen LogP contribution < -0.4 is 10.1 Å². The summed E-state index contributed by atoms with van der Waals surface area (Å²) in [7, 11) is 1.36. The number of hydrogen-bond acceptors (Lipinski definition) is 3. The van der Waals surface area contributed by atoms with Crippen LogP contribution in [0.15, 0.2) is 18.2 Å². The molecule has 1 unspecified atom stereocenters. The van der Waals surface area contributed by atoms with E-state index in [9.17, 15) is 14.0 Å². The number of hydrogen-bond donors (Lipinski definition) is 2. The number of rotatable bonds is 6. The molecule has 104 valence electrons. The zero-order valence-electron chi connectivity index (χ0n) is 10.8. The van der Waals surface area contributed by atoms with E-state index in [1.807, 2.05) is 0 Å². The molecule has 2 N–H and O–H groups in total. The van der Waals surface area contributed by atoms with Crippen LogP contribution in [0.25, 0.3) is 0 Å². The lowest BCUT2D eigenvalue weighted by Gasteiger charge is -2.13. The number of carboxylic acids is 1. The van der Waals surface area contributed by atoms with Crippen LogP contribution in [0.5, 0.6) is 5.75 Å². The van der Waals surface area contributed by atoms with Crippen molar-refractivity contribution < 1.29 is 23.8 Å². The second kappa shape index (κ2) is 6.72. The normalized spacial score (nSPS) is 11.7. The van der Waals surface area contributed by atoms with Gasteiger partial charge in [0, 0.05) is 13.5 Å². The molecule has 0 spiro atoms. The molecule has 0 fully saturated rings. The van der Waals surface area contributed by atoms with Gasteiger partial charge in [-0.1, -0.05) is 6.07 Å². The molecule has 0 aliphatic carbocycles. The zero-order valence-corrected chi connectivity index (χ0v) is 10.8. The number of carbonyl (C=O) groups is 2. The Balaban J connectivity index is 2.76. The highest BCUT2D eigenvalue weighted by molar-refractivity contribution is 5.75. The first-order chi connectivity index (χ1) is 8.93. The minimum atomic E-state index is -1.04. The average molecular weight is 269 g/mol. The van der Waals surface area contributed by atoms with Crippen LogP contribution in [-0.2, 0) is 16.0 Å². The molecule has 0 saturated heterocycles. The van der Waals surface area contributed by atoms with Crippen LogP contribution in [0.2, 0.25) is 0 Å².